The molecule has 1 saturated carbocycles. The number of hydrogen-bond acceptors (Lipinski definition) is 2. The summed E-state index contributed by atoms with van der Waals surface area (Å²) in [5.41, 5.74) is 0.405. The van der Waals surface area contributed by atoms with E-state index in [2.05, 4.69) is 4.74 Å². The SMILES string of the molecule is COc1c(F)cc(C2CCC2=O)cc1F. The molecule has 1 unspecified atom stereocenters. The minimum absolute atomic E-state index is 0.0407. The Balaban J connectivity index is 2.39. The van der Waals surface area contributed by atoms with Crippen LogP contribution in [-0.4, -0.2) is 12.9 Å². The molecule has 2 rings (SSSR count). The largest absolute Gasteiger partial charge is 0.491 e. The molecule has 0 aliphatic heterocycles. The van der Waals surface area contributed by atoms with Crippen LogP contribution >= 0.6 is 0 Å². The molecule has 0 saturated heterocycles. The fraction of sp³-hybridized carbons (Fsp3) is 0.364. The first-order chi connectivity index (χ1) is 7.13. The standard InChI is InChI=1S/C11H10F2O2/c1-15-11-8(12)4-6(5-9(11)13)7-2-3-10(7)14/h4-5,7H,2-3H2,1H3. The zero-order valence-corrected chi connectivity index (χ0v) is 8.22. The third-order valence-electron chi connectivity index (χ3n) is 2.70. The average Bonchev–Trinajstić information content (AvgIpc) is 2.15. The van der Waals surface area contributed by atoms with Gasteiger partial charge in [0.1, 0.15) is 5.78 Å². The predicted octanol–water partition coefficient (Wildman–Crippen LogP) is 2.42. The summed E-state index contributed by atoms with van der Waals surface area (Å²) >= 11 is 0. The highest BCUT2D eigenvalue weighted by atomic mass is 19.1. The van der Waals surface area contributed by atoms with E-state index in [9.17, 15) is 13.6 Å². The van der Waals surface area contributed by atoms with Gasteiger partial charge in [0.25, 0.3) is 0 Å². The lowest BCUT2D eigenvalue weighted by Crippen LogP contribution is -2.23. The van der Waals surface area contributed by atoms with Gasteiger partial charge in [-0.1, -0.05) is 0 Å². The van der Waals surface area contributed by atoms with Gasteiger partial charge in [0, 0.05) is 12.3 Å². The zero-order chi connectivity index (χ0) is 11.0. The van der Waals surface area contributed by atoms with Crippen molar-refractivity contribution in [2.75, 3.05) is 7.11 Å². The average molecular weight is 212 g/mol. The van der Waals surface area contributed by atoms with E-state index in [4.69, 9.17) is 0 Å². The number of methoxy groups -OCH3 is 1. The first kappa shape index (κ1) is 10.1. The Labute approximate surface area is 85.9 Å². The zero-order valence-electron chi connectivity index (χ0n) is 8.22. The van der Waals surface area contributed by atoms with Gasteiger partial charge in [0.2, 0.25) is 0 Å². The van der Waals surface area contributed by atoms with E-state index < -0.39 is 17.4 Å². The van der Waals surface area contributed by atoms with Crippen LogP contribution in [0.2, 0.25) is 0 Å². The van der Waals surface area contributed by atoms with Gasteiger partial charge in [-0.05, 0) is 24.1 Å². The quantitative estimate of drug-likeness (QED) is 0.752. The van der Waals surface area contributed by atoms with Gasteiger partial charge in [-0.25, -0.2) is 8.78 Å². The number of Topliss-reactive ketones (excluding diaryl/α,β-unsaturated/α-hetero) is 1. The molecule has 1 atom stereocenters. The molecular formula is C11H10F2O2. The Morgan fingerprint density at radius 2 is 1.93 bits per heavy atom. The number of ketones is 1. The molecule has 0 aromatic heterocycles. The van der Waals surface area contributed by atoms with Crippen molar-refractivity contribution in [1.29, 1.82) is 0 Å². The highest BCUT2D eigenvalue weighted by molar-refractivity contribution is 5.91. The second-order valence-corrected chi connectivity index (χ2v) is 3.58. The molecule has 15 heavy (non-hydrogen) atoms. The van der Waals surface area contributed by atoms with Crippen LogP contribution in [0.5, 0.6) is 5.75 Å². The van der Waals surface area contributed by atoms with E-state index >= 15 is 0 Å². The van der Waals surface area contributed by atoms with Crippen molar-refractivity contribution in [2.45, 2.75) is 18.8 Å². The molecule has 1 aromatic rings. The molecule has 1 aliphatic rings. The molecule has 2 nitrogen and oxygen atoms in total. The number of hydrogen-bond donors (Lipinski definition) is 0. The maximum atomic E-state index is 13.3. The Bertz CT molecular complexity index is 392. The van der Waals surface area contributed by atoms with Crippen molar-refractivity contribution in [2.24, 2.45) is 0 Å². The molecule has 0 spiro atoms. The topological polar surface area (TPSA) is 26.3 Å². The lowest BCUT2D eigenvalue weighted by atomic mass is 9.78. The summed E-state index contributed by atoms with van der Waals surface area (Å²) in [6.45, 7) is 0. The van der Waals surface area contributed by atoms with Crippen molar-refractivity contribution in [3.05, 3.63) is 29.3 Å². The lowest BCUT2D eigenvalue weighted by molar-refractivity contribution is -0.125. The van der Waals surface area contributed by atoms with Crippen LogP contribution in [0.15, 0.2) is 12.1 Å². The number of halogens is 2. The van der Waals surface area contributed by atoms with Crippen molar-refractivity contribution in [1.82, 2.24) is 0 Å². The molecule has 0 radical (unpaired) electrons. The van der Waals surface area contributed by atoms with E-state index in [1.807, 2.05) is 0 Å². The highest BCUT2D eigenvalue weighted by Crippen LogP contribution is 2.35. The molecule has 1 fully saturated rings. The van der Waals surface area contributed by atoms with Crippen molar-refractivity contribution >= 4 is 5.78 Å². The smallest absolute Gasteiger partial charge is 0.190 e. The Morgan fingerprint density at radius 1 is 1.33 bits per heavy atom. The molecule has 1 aliphatic carbocycles. The predicted molar refractivity (Wildman–Crippen MR) is 49.9 cm³/mol. The number of carbonyl (C=O) groups excluding carboxylic acids is 1. The Hall–Kier alpha value is -1.45. The van der Waals surface area contributed by atoms with E-state index in [0.29, 0.717) is 18.4 Å². The molecule has 80 valence electrons. The maximum absolute atomic E-state index is 13.3. The van der Waals surface area contributed by atoms with Crippen molar-refractivity contribution in [3.63, 3.8) is 0 Å². The fourth-order valence-electron chi connectivity index (χ4n) is 1.73. The van der Waals surface area contributed by atoms with Gasteiger partial charge >= 0.3 is 0 Å². The minimum Gasteiger partial charge on any atom is -0.491 e. The van der Waals surface area contributed by atoms with Gasteiger partial charge in [0.15, 0.2) is 17.4 Å². The van der Waals surface area contributed by atoms with E-state index in [-0.39, 0.29) is 11.7 Å². The van der Waals surface area contributed by atoms with Gasteiger partial charge < -0.3 is 4.74 Å². The number of carbonyl (C=O) groups is 1. The second-order valence-electron chi connectivity index (χ2n) is 3.58. The van der Waals surface area contributed by atoms with Crippen LogP contribution in [0.3, 0.4) is 0 Å². The monoisotopic (exact) mass is 212 g/mol. The molecular weight excluding hydrogens is 202 g/mol. The number of rotatable bonds is 2. The van der Waals surface area contributed by atoms with Crippen molar-refractivity contribution in [3.8, 4) is 5.75 Å². The summed E-state index contributed by atoms with van der Waals surface area (Å²) < 4.78 is 31.1. The third-order valence-corrected chi connectivity index (χ3v) is 2.70. The van der Waals surface area contributed by atoms with Crippen LogP contribution in [-0.2, 0) is 4.79 Å². The summed E-state index contributed by atoms with van der Waals surface area (Å²) in [5, 5.41) is 0. The summed E-state index contributed by atoms with van der Waals surface area (Å²) in [7, 11) is 1.20. The summed E-state index contributed by atoms with van der Waals surface area (Å²) in [6, 6.07) is 2.34. The van der Waals surface area contributed by atoms with E-state index in [1.165, 1.54) is 19.2 Å². The normalized spacial score (nSPS) is 19.9. The van der Waals surface area contributed by atoms with Crippen molar-refractivity contribution < 1.29 is 18.3 Å². The van der Waals surface area contributed by atoms with Crippen LogP contribution in [0.25, 0.3) is 0 Å². The van der Waals surface area contributed by atoms with Gasteiger partial charge in [0.05, 0.1) is 7.11 Å². The third kappa shape index (κ3) is 1.60. The second kappa shape index (κ2) is 3.61. The highest BCUT2D eigenvalue weighted by Gasteiger charge is 2.30. The summed E-state index contributed by atoms with van der Waals surface area (Å²) in [6.07, 6.45) is 1.17. The van der Waals surface area contributed by atoms with E-state index in [0.717, 1.165) is 0 Å². The lowest BCUT2D eigenvalue weighted by Gasteiger charge is -2.24. The Morgan fingerprint density at radius 3 is 2.27 bits per heavy atom. The number of benzene rings is 1. The first-order valence-electron chi connectivity index (χ1n) is 4.69. The minimum atomic E-state index is -0.757. The maximum Gasteiger partial charge on any atom is 0.190 e. The number of ether oxygens (including phenoxy) is 1. The summed E-state index contributed by atoms with van der Waals surface area (Å²) in [5.74, 6) is -2.20. The van der Waals surface area contributed by atoms with Gasteiger partial charge in [-0.15, -0.1) is 0 Å². The van der Waals surface area contributed by atoms with Crippen LogP contribution in [0.4, 0.5) is 8.78 Å². The Kier molecular flexibility index (Phi) is 2.42. The van der Waals surface area contributed by atoms with Crippen LogP contribution < -0.4 is 4.74 Å². The molecule has 0 heterocycles. The first-order valence-corrected chi connectivity index (χ1v) is 4.69. The fourth-order valence-corrected chi connectivity index (χ4v) is 1.73. The van der Waals surface area contributed by atoms with Crippen LogP contribution in [0, 0.1) is 11.6 Å². The van der Waals surface area contributed by atoms with Gasteiger partial charge in [-0.3, -0.25) is 4.79 Å². The summed E-state index contributed by atoms with van der Waals surface area (Å²) in [4.78, 5) is 11.1. The van der Waals surface area contributed by atoms with Gasteiger partial charge in [-0.2, -0.15) is 0 Å². The van der Waals surface area contributed by atoms with Crippen LogP contribution in [0.1, 0.15) is 24.3 Å². The molecule has 0 amide bonds. The molecule has 0 bridgehead atoms. The molecule has 4 heteroatoms. The molecule has 0 N–H and O–H groups in total. The van der Waals surface area contributed by atoms with E-state index in [1.54, 1.807) is 0 Å². The molecule has 1 aromatic carbocycles.